The standard InChI is InChI=1S/2CHNO.CH4.H2O/c2*2-1-3;;/h2*2H;1H4;1H2. The lowest BCUT2D eigenvalue weighted by atomic mass is 11.7. The fourth-order valence-corrected chi connectivity index (χ4v) is 0. The molecule has 0 aromatic heterocycles. The summed E-state index contributed by atoms with van der Waals surface area (Å²) in [5.74, 6) is 0. The maximum atomic E-state index is 8.35. The van der Waals surface area contributed by atoms with Crippen molar-refractivity contribution >= 4 is 12.2 Å². The minimum Gasteiger partial charge on any atom is -0.412 e. The van der Waals surface area contributed by atoms with Crippen molar-refractivity contribution in [3.8, 4) is 0 Å². The summed E-state index contributed by atoms with van der Waals surface area (Å²) in [5.41, 5.74) is 0. The average molecular weight is 120 g/mol. The molecule has 0 rings (SSSR count). The van der Waals surface area contributed by atoms with Crippen molar-refractivity contribution in [2.45, 2.75) is 7.43 Å². The third-order valence-electron chi connectivity index (χ3n) is 0. The van der Waals surface area contributed by atoms with Crippen molar-refractivity contribution in [1.29, 1.82) is 10.8 Å². The molecule has 48 valence electrons. The molecule has 5 nitrogen and oxygen atoms in total. The van der Waals surface area contributed by atoms with Crippen LogP contribution in [0.1, 0.15) is 7.43 Å². The number of rotatable bonds is 0. The molecular weight excluding hydrogens is 112 g/mol. The summed E-state index contributed by atoms with van der Waals surface area (Å²) in [7, 11) is 0. The van der Waals surface area contributed by atoms with Gasteiger partial charge in [-0.2, -0.15) is 0 Å². The highest BCUT2D eigenvalue weighted by atomic mass is 16.1. The summed E-state index contributed by atoms with van der Waals surface area (Å²) in [4.78, 5) is 16.7. The van der Waals surface area contributed by atoms with E-state index in [1.54, 1.807) is 0 Å². The molecule has 0 heterocycles. The Bertz CT molecular complexity index is 66.5. The van der Waals surface area contributed by atoms with Crippen LogP contribution in [0.3, 0.4) is 0 Å². The molecule has 0 spiro atoms. The Morgan fingerprint density at radius 3 is 1.00 bits per heavy atom. The SMILES string of the molecule is C.N=C=O.N=C=O.O. The zero-order valence-electron chi connectivity index (χ0n) is 3.32. The zero-order chi connectivity index (χ0) is 5.41. The van der Waals surface area contributed by atoms with E-state index in [-0.39, 0.29) is 12.9 Å². The highest BCUT2D eigenvalue weighted by molar-refractivity contribution is 5.26. The molecule has 0 unspecified atom stereocenters. The molecule has 0 aromatic rings. The van der Waals surface area contributed by atoms with E-state index in [0.717, 1.165) is 12.2 Å². The second-order valence-electron chi connectivity index (χ2n) is 0.204. The van der Waals surface area contributed by atoms with E-state index in [4.69, 9.17) is 20.4 Å². The van der Waals surface area contributed by atoms with Crippen molar-refractivity contribution < 1.29 is 15.1 Å². The van der Waals surface area contributed by atoms with Gasteiger partial charge in [0.1, 0.15) is 0 Å². The van der Waals surface area contributed by atoms with Gasteiger partial charge in [-0.25, -0.2) is 20.4 Å². The van der Waals surface area contributed by atoms with E-state index < -0.39 is 0 Å². The highest BCUT2D eigenvalue weighted by Gasteiger charge is 1.04. The van der Waals surface area contributed by atoms with E-state index in [9.17, 15) is 0 Å². The lowest BCUT2D eigenvalue weighted by Gasteiger charge is -1.02. The summed E-state index contributed by atoms with van der Waals surface area (Å²) in [6.07, 6.45) is 1.50. The van der Waals surface area contributed by atoms with Gasteiger partial charge < -0.3 is 5.48 Å². The molecule has 5 heteroatoms. The van der Waals surface area contributed by atoms with Crippen LogP contribution >= 0.6 is 0 Å². The van der Waals surface area contributed by atoms with Crippen molar-refractivity contribution in [1.82, 2.24) is 0 Å². The van der Waals surface area contributed by atoms with Crippen molar-refractivity contribution in [3.05, 3.63) is 0 Å². The molecular formula is C3H8N2O3. The first-order chi connectivity index (χ1) is 2.83. The fraction of sp³-hybridized carbons (Fsp3) is 0.333. The van der Waals surface area contributed by atoms with Crippen LogP contribution in [-0.4, -0.2) is 17.6 Å². The molecule has 0 aliphatic carbocycles. The van der Waals surface area contributed by atoms with E-state index in [1.165, 1.54) is 0 Å². The van der Waals surface area contributed by atoms with Gasteiger partial charge in [-0.1, -0.05) is 7.43 Å². The molecule has 0 bridgehead atoms. The Hall–Kier alpha value is -1.28. The average Bonchev–Trinajstić information content (AvgIpc) is 1.39. The van der Waals surface area contributed by atoms with Crippen LogP contribution in [0, 0.1) is 10.8 Å². The van der Waals surface area contributed by atoms with Gasteiger partial charge in [0.25, 0.3) is 0 Å². The number of hydrogen-bond acceptors (Lipinski definition) is 4. The van der Waals surface area contributed by atoms with Gasteiger partial charge in [0.05, 0.1) is 0 Å². The van der Waals surface area contributed by atoms with Crippen LogP contribution in [0.4, 0.5) is 0 Å². The minimum atomic E-state index is 0. The largest absolute Gasteiger partial charge is 0.412 e. The Morgan fingerprint density at radius 2 is 1.00 bits per heavy atom. The fourth-order valence-electron chi connectivity index (χ4n) is 0. The molecule has 0 atom stereocenters. The summed E-state index contributed by atoms with van der Waals surface area (Å²) in [5, 5.41) is 10.8. The Labute approximate surface area is 46.7 Å². The van der Waals surface area contributed by atoms with Gasteiger partial charge in [-0.15, -0.1) is 0 Å². The number of carbonyl (C=O) groups excluding carboxylic acids is 2. The Morgan fingerprint density at radius 1 is 1.00 bits per heavy atom. The molecule has 0 aliphatic heterocycles. The van der Waals surface area contributed by atoms with Crippen LogP contribution in [0.15, 0.2) is 0 Å². The third-order valence-corrected chi connectivity index (χ3v) is 0. The molecule has 0 radical (unpaired) electrons. The normalized spacial score (nSPS) is 2.00. The molecule has 0 amide bonds. The first kappa shape index (κ1) is 29.7. The maximum absolute atomic E-state index is 8.35. The van der Waals surface area contributed by atoms with E-state index >= 15 is 0 Å². The van der Waals surface area contributed by atoms with Gasteiger partial charge in [-0.3, -0.25) is 0 Å². The predicted molar refractivity (Wildman–Crippen MR) is 27.2 cm³/mol. The lowest BCUT2D eigenvalue weighted by molar-refractivity contribution is 0.562. The van der Waals surface area contributed by atoms with Gasteiger partial charge in [0.2, 0.25) is 12.2 Å². The summed E-state index contributed by atoms with van der Waals surface area (Å²) >= 11 is 0. The molecule has 0 aromatic carbocycles. The third kappa shape index (κ3) is 39.9. The number of hydrogen-bond donors (Lipinski definition) is 2. The quantitative estimate of drug-likeness (QED) is 0.335. The Balaban J connectivity index is -0.0000000160. The maximum Gasteiger partial charge on any atom is 0.231 e. The topological polar surface area (TPSA) is 113 Å². The molecule has 0 saturated carbocycles. The van der Waals surface area contributed by atoms with Gasteiger partial charge in [0.15, 0.2) is 0 Å². The molecule has 4 N–H and O–H groups in total. The molecule has 0 saturated heterocycles. The highest BCUT2D eigenvalue weighted by Crippen LogP contribution is 0.871. The van der Waals surface area contributed by atoms with Gasteiger partial charge in [-0.05, 0) is 0 Å². The van der Waals surface area contributed by atoms with Crippen molar-refractivity contribution in [2.24, 2.45) is 0 Å². The second-order valence-corrected chi connectivity index (χ2v) is 0.204. The first-order valence-corrected chi connectivity index (χ1v) is 0.908. The predicted octanol–water partition coefficient (Wildman–Crippen LogP) is -0.387. The lowest BCUT2D eigenvalue weighted by Crippen LogP contribution is -1.16. The number of nitrogens with one attached hydrogen (secondary N) is 2. The zero-order valence-corrected chi connectivity index (χ0v) is 3.32. The monoisotopic (exact) mass is 120 g/mol. The first-order valence-electron chi connectivity index (χ1n) is 0.908. The Kier molecular flexibility index (Phi) is 913. The van der Waals surface area contributed by atoms with Crippen molar-refractivity contribution in [3.63, 3.8) is 0 Å². The summed E-state index contributed by atoms with van der Waals surface area (Å²) < 4.78 is 0. The van der Waals surface area contributed by atoms with Crippen LogP contribution < -0.4 is 0 Å². The summed E-state index contributed by atoms with van der Waals surface area (Å²) in [6.45, 7) is 0. The summed E-state index contributed by atoms with van der Waals surface area (Å²) in [6, 6.07) is 0. The molecule has 0 fully saturated rings. The van der Waals surface area contributed by atoms with Crippen LogP contribution in [0.2, 0.25) is 0 Å². The van der Waals surface area contributed by atoms with E-state index in [2.05, 4.69) is 0 Å². The second kappa shape index (κ2) is 246. The number of isocyanates is 2. The van der Waals surface area contributed by atoms with Gasteiger partial charge in [0, 0.05) is 0 Å². The molecule has 8 heavy (non-hydrogen) atoms. The minimum absolute atomic E-state index is 0. The van der Waals surface area contributed by atoms with Crippen molar-refractivity contribution in [2.75, 3.05) is 0 Å². The van der Waals surface area contributed by atoms with Crippen LogP contribution in [0.25, 0.3) is 0 Å². The van der Waals surface area contributed by atoms with Crippen LogP contribution in [0.5, 0.6) is 0 Å². The van der Waals surface area contributed by atoms with E-state index in [1.807, 2.05) is 0 Å². The smallest absolute Gasteiger partial charge is 0.231 e. The van der Waals surface area contributed by atoms with E-state index in [0.29, 0.717) is 0 Å². The van der Waals surface area contributed by atoms with Crippen LogP contribution in [-0.2, 0) is 9.59 Å². The molecule has 0 aliphatic rings. The van der Waals surface area contributed by atoms with Gasteiger partial charge >= 0.3 is 0 Å².